The van der Waals surface area contributed by atoms with E-state index in [9.17, 15) is 12.6 Å². The Kier molecular flexibility index (Phi) is 4.39. The molecule has 0 aliphatic heterocycles. The predicted octanol–water partition coefficient (Wildman–Crippen LogP) is -0.679. The van der Waals surface area contributed by atoms with E-state index in [1.54, 1.807) is 0 Å². The van der Waals surface area contributed by atoms with Crippen molar-refractivity contribution in [2.75, 3.05) is 24.3 Å². The average molecular weight is 263 g/mol. The van der Waals surface area contributed by atoms with Crippen LogP contribution in [-0.4, -0.2) is 36.2 Å². The maximum Gasteiger partial charge on any atom is 0.242 e. The Balaban J connectivity index is 2.71. The lowest BCUT2D eigenvalue weighted by Crippen LogP contribution is -2.27. The minimum Gasteiger partial charge on any atom is -0.384 e. The number of nitrogens with zero attached hydrogens (tertiary/aromatic N) is 1. The number of anilines is 1. The molecule has 90 valence electrons. The Labute approximate surface area is 96.8 Å². The third kappa shape index (κ3) is 3.87. The van der Waals surface area contributed by atoms with Gasteiger partial charge in [0, 0.05) is 35.5 Å². The number of hydrogen-bond donors (Lipinski definition) is 2. The zero-order valence-electron chi connectivity index (χ0n) is 8.71. The van der Waals surface area contributed by atoms with Crippen LogP contribution in [0.15, 0.2) is 23.2 Å². The van der Waals surface area contributed by atoms with E-state index in [4.69, 9.17) is 5.73 Å². The molecule has 0 radical (unpaired) electrons. The van der Waals surface area contributed by atoms with E-state index in [0.717, 1.165) is 0 Å². The molecule has 6 nitrogen and oxygen atoms in total. The fourth-order valence-electron chi connectivity index (χ4n) is 0.954. The molecule has 0 fully saturated rings. The van der Waals surface area contributed by atoms with Crippen LogP contribution >= 0.6 is 0 Å². The molecule has 0 amide bonds. The van der Waals surface area contributed by atoms with Crippen molar-refractivity contribution in [1.82, 2.24) is 9.71 Å². The minimum absolute atomic E-state index is 0.0450. The van der Waals surface area contributed by atoms with Crippen molar-refractivity contribution < 1.29 is 12.6 Å². The first-order valence-electron chi connectivity index (χ1n) is 4.43. The highest BCUT2D eigenvalue weighted by atomic mass is 32.2. The summed E-state index contributed by atoms with van der Waals surface area (Å²) in [5, 5.41) is 0. The van der Waals surface area contributed by atoms with E-state index in [-0.39, 0.29) is 23.0 Å². The van der Waals surface area contributed by atoms with E-state index in [0.29, 0.717) is 0 Å². The monoisotopic (exact) mass is 263 g/mol. The maximum absolute atomic E-state index is 11.6. The van der Waals surface area contributed by atoms with Gasteiger partial charge in [0.05, 0.1) is 0 Å². The Bertz CT molecular complexity index is 470. The number of pyridine rings is 1. The summed E-state index contributed by atoms with van der Waals surface area (Å²) in [5.41, 5.74) is 5.34. The van der Waals surface area contributed by atoms with Crippen molar-refractivity contribution in [2.24, 2.45) is 0 Å². The van der Waals surface area contributed by atoms with Crippen LogP contribution < -0.4 is 10.5 Å². The summed E-state index contributed by atoms with van der Waals surface area (Å²) >= 11 is 0. The normalized spacial score (nSPS) is 13.6. The topological polar surface area (TPSA) is 102 Å². The summed E-state index contributed by atoms with van der Waals surface area (Å²) in [4.78, 5) is 3.73. The van der Waals surface area contributed by atoms with Gasteiger partial charge in [0.15, 0.2) is 0 Å². The van der Waals surface area contributed by atoms with Crippen LogP contribution in [0.5, 0.6) is 0 Å². The molecule has 1 atom stereocenters. The largest absolute Gasteiger partial charge is 0.384 e. The zero-order valence-corrected chi connectivity index (χ0v) is 10.3. The molecular formula is C8H13N3O3S2. The smallest absolute Gasteiger partial charge is 0.242 e. The van der Waals surface area contributed by atoms with Gasteiger partial charge in [-0.15, -0.1) is 0 Å². The standard InChI is InChI=1S/C8H13N3O3S2/c1-15(12)5-4-11-16(13,14)7-2-3-8(9)10-6-7/h2-3,6,11H,4-5H2,1H3,(H2,9,10). The fourth-order valence-corrected chi connectivity index (χ4v) is 2.45. The first kappa shape index (κ1) is 13.1. The molecule has 1 rings (SSSR count). The van der Waals surface area contributed by atoms with Crippen LogP contribution in [0.4, 0.5) is 5.82 Å². The summed E-state index contributed by atoms with van der Waals surface area (Å²) in [5.74, 6) is 0.537. The highest BCUT2D eigenvalue weighted by Crippen LogP contribution is 2.07. The lowest BCUT2D eigenvalue weighted by Gasteiger charge is -2.05. The number of nitrogens with two attached hydrogens (primary N) is 1. The number of nitrogens with one attached hydrogen (secondary N) is 1. The second kappa shape index (κ2) is 5.37. The molecule has 0 saturated heterocycles. The van der Waals surface area contributed by atoms with Gasteiger partial charge in [0.2, 0.25) is 10.0 Å². The van der Waals surface area contributed by atoms with E-state index < -0.39 is 20.8 Å². The van der Waals surface area contributed by atoms with Crippen LogP contribution in [0.25, 0.3) is 0 Å². The molecule has 1 aromatic heterocycles. The van der Waals surface area contributed by atoms with Gasteiger partial charge in [-0.25, -0.2) is 18.1 Å². The first-order valence-corrected chi connectivity index (χ1v) is 7.64. The number of hydrogen-bond acceptors (Lipinski definition) is 5. The summed E-state index contributed by atoms with van der Waals surface area (Å²) in [6.07, 6.45) is 2.69. The average Bonchev–Trinajstić information content (AvgIpc) is 2.17. The number of rotatable bonds is 5. The van der Waals surface area contributed by atoms with Gasteiger partial charge in [-0.3, -0.25) is 4.21 Å². The molecule has 0 aliphatic carbocycles. The summed E-state index contributed by atoms with van der Waals surface area (Å²) in [6, 6.07) is 2.78. The molecule has 0 aromatic carbocycles. The van der Waals surface area contributed by atoms with E-state index in [1.165, 1.54) is 24.6 Å². The maximum atomic E-state index is 11.6. The predicted molar refractivity (Wildman–Crippen MR) is 62.8 cm³/mol. The second-order valence-corrected chi connectivity index (χ2v) is 6.42. The van der Waals surface area contributed by atoms with Crippen molar-refractivity contribution in [3.8, 4) is 0 Å². The van der Waals surface area contributed by atoms with Crippen molar-refractivity contribution >= 4 is 26.6 Å². The minimum atomic E-state index is -3.58. The van der Waals surface area contributed by atoms with Crippen LogP contribution in [0.3, 0.4) is 0 Å². The third-order valence-electron chi connectivity index (χ3n) is 1.75. The molecule has 1 aromatic rings. The Morgan fingerprint density at radius 1 is 1.50 bits per heavy atom. The molecule has 3 N–H and O–H groups in total. The highest BCUT2D eigenvalue weighted by Gasteiger charge is 2.13. The van der Waals surface area contributed by atoms with Gasteiger partial charge in [-0.05, 0) is 12.1 Å². The Morgan fingerprint density at radius 3 is 2.69 bits per heavy atom. The van der Waals surface area contributed by atoms with Crippen molar-refractivity contribution in [3.05, 3.63) is 18.3 Å². The molecule has 0 spiro atoms. The zero-order chi connectivity index (χ0) is 12.2. The number of sulfonamides is 1. The lowest BCUT2D eigenvalue weighted by molar-refractivity contribution is 0.583. The van der Waals surface area contributed by atoms with Gasteiger partial charge in [0.1, 0.15) is 10.7 Å². The lowest BCUT2D eigenvalue weighted by atomic mass is 10.5. The highest BCUT2D eigenvalue weighted by molar-refractivity contribution is 7.89. The van der Waals surface area contributed by atoms with Crippen LogP contribution in [0, 0.1) is 0 Å². The summed E-state index contributed by atoms with van der Waals surface area (Å²) < 4.78 is 36.4. The van der Waals surface area contributed by atoms with Crippen molar-refractivity contribution in [2.45, 2.75) is 4.90 Å². The van der Waals surface area contributed by atoms with Gasteiger partial charge < -0.3 is 5.73 Å². The van der Waals surface area contributed by atoms with Gasteiger partial charge >= 0.3 is 0 Å². The molecule has 8 heteroatoms. The van der Waals surface area contributed by atoms with Crippen LogP contribution in [0.1, 0.15) is 0 Å². The fraction of sp³-hybridized carbons (Fsp3) is 0.375. The van der Waals surface area contributed by atoms with E-state index in [2.05, 4.69) is 9.71 Å². The van der Waals surface area contributed by atoms with Crippen LogP contribution in [0.2, 0.25) is 0 Å². The number of aromatic nitrogens is 1. The SMILES string of the molecule is CS(=O)CCNS(=O)(=O)c1ccc(N)nc1. The second-order valence-electron chi connectivity index (χ2n) is 3.09. The van der Waals surface area contributed by atoms with E-state index in [1.807, 2.05) is 0 Å². The molecule has 16 heavy (non-hydrogen) atoms. The molecule has 1 unspecified atom stereocenters. The van der Waals surface area contributed by atoms with E-state index >= 15 is 0 Å². The first-order chi connectivity index (χ1) is 7.42. The molecular weight excluding hydrogens is 250 g/mol. The van der Waals surface area contributed by atoms with Crippen molar-refractivity contribution in [3.63, 3.8) is 0 Å². The quantitative estimate of drug-likeness (QED) is 0.733. The van der Waals surface area contributed by atoms with Crippen LogP contribution in [-0.2, 0) is 20.8 Å². The third-order valence-corrected chi connectivity index (χ3v) is 3.98. The van der Waals surface area contributed by atoms with Gasteiger partial charge in [-0.2, -0.15) is 0 Å². The molecule has 0 saturated carbocycles. The Morgan fingerprint density at radius 2 is 2.19 bits per heavy atom. The van der Waals surface area contributed by atoms with Gasteiger partial charge in [0.25, 0.3) is 0 Å². The number of nitrogen functional groups attached to an aromatic ring is 1. The molecule has 1 heterocycles. The summed E-state index contributed by atoms with van der Waals surface area (Å²) in [7, 11) is -4.60. The molecule has 0 aliphatic rings. The van der Waals surface area contributed by atoms with Crippen molar-refractivity contribution in [1.29, 1.82) is 0 Å². The summed E-state index contributed by atoms with van der Waals surface area (Å²) in [6.45, 7) is 0.135. The van der Waals surface area contributed by atoms with Gasteiger partial charge in [-0.1, -0.05) is 0 Å². The Hall–Kier alpha value is -0.990. The molecule has 0 bridgehead atoms.